The van der Waals surface area contributed by atoms with Crippen LogP contribution in [-0.2, 0) is 33.5 Å². The number of hydrogen-bond donors (Lipinski definition) is 4. The van der Waals surface area contributed by atoms with E-state index in [1.165, 1.54) is 45.4 Å². The van der Waals surface area contributed by atoms with Crippen LogP contribution in [0.4, 0.5) is 0 Å². The van der Waals surface area contributed by atoms with Gasteiger partial charge in [0.05, 0.1) is 17.6 Å². The number of carboxylic acid groups (broad SMARTS) is 3. The Morgan fingerprint density at radius 2 is 1.34 bits per heavy atom. The minimum Gasteiger partial charge on any atom is -0.875 e. The summed E-state index contributed by atoms with van der Waals surface area (Å²) in [5.74, 6) is -4.61. The first-order chi connectivity index (χ1) is 24.7. The van der Waals surface area contributed by atoms with Crippen LogP contribution in [0.3, 0.4) is 0 Å². The predicted molar refractivity (Wildman–Crippen MR) is 194 cm³/mol. The number of allylic oxidation sites excluding steroid dienone is 4. The van der Waals surface area contributed by atoms with Gasteiger partial charge in [-0.25, -0.2) is 9.59 Å². The zero-order valence-electron chi connectivity index (χ0n) is 31.8. The summed E-state index contributed by atoms with van der Waals surface area (Å²) in [5, 5.41) is 38.2. The van der Waals surface area contributed by atoms with Gasteiger partial charge in [-0.15, -0.1) is 12.3 Å². The van der Waals surface area contributed by atoms with Crippen LogP contribution in [0.1, 0.15) is 134 Å². The van der Waals surface area contributed by atoms with Crippen molar-refractivity contribution in [2.75, 3.05) is 6.54 Å². The normalized spacial score (nSPS) is 12.2. The number of ether oxygens (including phenoxy) is 1. The molecule has 53 heavy (non-hydrogen) atoms. The van der Waals surface area contributed by atoms with Crippen molar-refractivity contribution < 1.29 is 88.3 Å². The van der Waals surface area contributed by atoms with Crippen LogP contribution in [0.15, 0.2) is 66.2 Å². The van der Waals surface area contributed by atoms with Gasteiger partial charge in [0.25, 0.3) is 0 Å². The molecule has 0 aliphatic carbocycles. The largest absolute Gasteiger partial charge is 1.00 e. The number of unbranched alkanes of at least 4 members (excludes halogenated alkanes) is 10. The molecule has 1 aliphatic rings. The fourth-order valence-corrected chi connectivity index (χ4v) is 4.32. The minimum absolute atomic E-state index is 0. The van der Waals surface area contributed by atoms with Gasteiger partial charge in [-0.2, -0.15) is 0 Å². The molecule has 1 amide bonds. The van der Waals surface area contributed by atoms with Crippen molar-refractivity contribution in [3.8, 4) is 0 Å². The number of amides is 1. The van der Waals surface area contributed by atoms with E-state index in [2.05, 4.69) is 23.6 Å². The maximum absolute atomic E-state index is 11.2. The van der Waals surface area contributed by atoms with E-state index in [0.29, 0.717) is 18.4 Å². The van der Waals surface area contributed by atoms with Gasteiger partial charge in [-0.3, -0.25) is 24.0 Å². The summed E-state index contributed by atoms with van der Waals surface area (Å²) < 4.78 is 4.57. The first-order valence-electron chi connectivity index (χ1n) is 17.6. The first-order valence-corrected chi connectivity index (χ1v) is 17.6. The standard InChI is InChI=1S/C14H24O3.C10H19NO3.C8H8O4.C7H6O2.Na/c1-2-3-4-5-6-7-8-9-10-13(15)11-12-14(16)17;1-2-3-4-5-6-7-9(12)11-8-10(13)14;1-4-3-6(10)7(5(2)9)8(11)12-4;8-7(9)6-4-2-1-3-5-6;/h2H,1,3-12H2,(H,16,17);2-8H2,1H3,(H,11,12)(H,13,14);3,9H,1-2H3;1-5H,(H,8,9);/q;;;;+1/p-1/b;;7-5+;;. The number of nitrogens with one attached hydrogen (secondary N) is 1. The van der Waals surface area contributed by atoms with E-state index in [1.54, 1.807) is 30.3 Å². The summed E-state index contributed by atoms with van der Waals surface area (Å²) >= 11 is 0. The number of carbonyl (C=O) groups excluding carboxylic acids is 4. The maximum atomic E-state index is 11.2. The molecule has 0 fully saturated rings. The van der Waals surface area contributed by atoms with Gasteiger partial charge in [0, 0.05) is 25.3 Å². The summed E-state index contributed by atoms with van der Waals surface area (Å²) in [4.78, 5) is 74.7. The van der Waals surface area contributed by atoms with Crippen molar-refractivity contribution in [3.63, 3.8) is 0 Å². The van der Waals surface area contributed by atoms with Crippen molar-refractivity contribution in [2.24, 2.45) is 0 Å². The first kappa shape index (κ1) is 53.3. The molecular formula is C39H56NNaO12. The molecule has 0 bridgehead atoms. The molecule has 290 valence electrons. The number of ketones is 2. The van der Waals surface area contributed by atoms with Crippen LogP contribution in [0.5, 0.6) is 0 Å². The number of carboxylic acids is 3. The minimum atomic E-state index is -0.996. The summed E-state index contributed by atoms with van der Waals surface area (Å²) in [6.45, 7) is 8.18. The van der Waals surface area contributed by atoms with Gasteiger partial charge < -0.3 is 30.5 Å². The molecule has 1 aliphatic heterocycles. The van der Waals surface area contributed by atoms with Crippen LogP contribution in [0.2, 0.25) is 0 Å². The second-order valence-electron chi connectivity index (χ2n) is 11.8. The van der Waals surface area contributed by atoms with E-state index < -0.39 is 41.0 Å². The summed E-state index contributed by atoms with van der Waals surface area (Å²) in [6.07, 6.45) is 17.6. The molecule has 2 rings (SSSR count). The van der Waals surface area contributed by atoms with Gasteiger partial charge in [0.2, 0.25) is 5.91 Å². The fraction of sp³-hybridized carbons (Fsp3) is 0.513. The third kappa shape index (κ3) is 33.5. The van der Waals surface area contributed by atoms with E-state index in [4.69, 9.17) is 15.3 Å². The summed E-state index contributed by atoms with van der Waals surface area (Å²) in [6, 6.07) is 8.30. The third-order valence-electron chi connectivity index (χ3n) is 7.09. The fourth-order valence-electron chi connectivity index (χ4n) is 4.32. The molecule has 0 saturated carbocycles. The van der Waals surface area contributed by atoms with Crippen molar-refractivity contribution in [2.45, 2.75) is 124 Å². The molecule has 0 atom stereocenters. The molecular weight excluding hydrogens is 697 g/mol. The number of cyclic esters (lactones) is 1. The quantitative estimate of drug-likeness (QED) is 0.0270. The van der Waals surface area contributed by atoms with E-state index >= 15 is 0 Å². The smallest absolute Gasteiger partial charge is 0.875 e. The second kappa shape index (κ2) is 35.0. The van der Waals surface area contributed by atoms with Crippen LogP contribution in [-0.4, -0.2) is 63.2 Å². The monoisotopic (exact) mass is 753 g/mol. The molecule has 4 N–H and O–H groups in total. The summed E-state index contributed by atoms with van der Waals surface area (Å²) in [7, 11) is 0. The van der Waals surface area contributed by atoms with Gasteiger partial charge in [0.1, 0.15) is 18.1 Å². The van der Waals surface area contributed by atoms with Crippen molar-refractivity contribution in [1.82, 2.24) is 5.32 Å². The van der Waals surface area contributed by atoms with Crippen molar-refractivity contribution in [3.05, 3.63) is 71.7 Å². The van der Waals surface area contributed by atoms with Crippen LogP contribution in [0.25, 0.3) is 0 Å². The number of Topliss-reactive ketones (excluding diaryl/α,β-unsaturated/α-hetero) is 1. The number of aliphatic carboxylic acids is 2. The van der Waals surface area contributed by atoms with E-state index in [-0.39, 0.29) is 66.4 Å². The van der Waals surface area contributed by atoms with Gasteiger partial charge in [-0.05, 0) is 44.7 Å². The number of carbonyl (C=O) groups is 7. The topological polar surface area (TPSA) is 224 Å². The van der Waals surface area contributed by atoms with Gasteiger partial charge in [0.15, 0.2) is 5.78 Å². The van der Waals surface area contributed by atoms with Gasteiger partial charge >= 0.3 is 53.4 Å². The number of aromatic carboxylic acids is 1. The molecule has 0 unspecified atom stereocenters. The molecule has 0 saturated heterocycles. The van der Waals surface area contributed by atoms with Crippen LogP contribution >= 0.6 is 0 Å². The number of esters is 1. The second-order valence-corrected chi connectivity index (χ2v) is 11.8. The van der Waals surface area contributed by atoms with Crippen LogP contribution in [0, 0.1) is 0 Å². The number of hydrogen-bond acceptors (Lipinski definition) is 9. The summed E-state index contributed by atoms with van der Waals surface area (Å²) in [5.41, 5.74) is -0.0712. The zero-order chi connectivity index (χ0) is 39.7. The molecule has 1 aromatic rings. The number of benzene rings is 1. The van der Waals surface area contributed by atoms with E-state index in [0.717, 1.165) is 51.5 Å². The van der Waals surface area contributed by atoms with E-state index in [9.17, 15) is 38.7 Å². The molecule has 0 radical (unpaired) electrons. The third-order valence-corrected chi connectivity index (χ3v) is 7.09. The number of rotatable bonds is 21. The van der Waals surface area contributed by atoms with Gasteiger partial charge in [-0.1, -0.05) is 89.5 Å². The zero-order valence-corrected chi connectivity index (χ0v) is 33.8. The average Bonchev–Trinajstić information content (AvgIpc) is 3.08. The Labute approximate surface area is 335 Å². The van der Waals surface area contributed by atoms with E-state index in [1.807, 2.05) is 6.08 Å². The molecule has 1 aromatic carbocycles. The Kier molecular flexibility index (Phi) is 35.2. The Morgan fingerprint density at radius 1 is 0.792 bits per heavy atom. The Bertz CT molecular complexity index is 1330. The predicted octanol–water partition coefficient (Wildman–Crippen LogP) is 3.31. The Morgan fingerprint density at radius 3 is 1.81 bits per heavy atom. The SMILES string of the molecule is C=CCCCCCCCCC(=O)CCC(=O)O.CC1=CC(=O)/C(=C(/C)[O-])C(=O)O1.CCCCCCCC(=O)NCC(=O)O.O=C(O)c1ccccc1.[Na+]. The molecule has 0 spiro atoms. The molecule has 0 aromatic heterocycles. The van der Waals surface area contributed by atoms with Crippen molar-refractivity contribution >= 4 is 41.4 Å². The maximum Gasteiger partial charge on any atom is 1.00 e. The Hall–Kier alpha value is -4.07. The van der Waals surface area contributed by atoms with Crippen LogP contribution < -0.4 is 40.0 Å². The average molecular weight is 754 g/mol. The molecule has 13 nitrogen and oxygen atoms in total. The molecule has 14 heteroatoms. The Balaban J connectivity index is -0.000000638. The molecule has 1 heterocycles. The van der Waals surface area contributed by atoms with Crippen molar-refractivity contribution in [1.29, 1.82) is 0 Å².